The first-order chi connectivity index (χ1) is 11.2. The van der Waals surface area contributed by atoms with Crippen LogP contribution in [0.3, 0.4) is 0 Å². The molecule has 6 heteroatoms. The second kappa shape index (κ2) is 5.96. The molecule has 1 heterocycles. The van der Waals surface area contributed by atoms with Gasteiger partial charge in [0.05, 0.1) is 6.04 Å². The first-order valence-electron chi connectivity index (χ1n) is 8.15. The minimum atomic E-state index is -0.927. The molecule has 1 N–H and O–H groups in total. The summed E-state index contributed by atoms with van der Waals surface area (Å²) < 4.78 is 5.48. The third-order valence-electron chi connectivity index (χ3n) is 4.67. The number of rotatable bonds is 3. The Morgan fingerprint density at radius 2 is 1.92 bits per heavy atom. The van der Waals surface area contributed by atoms with Gasteiger partial charge in [-0.3, -0.25) is 4.79 Å². The fourth-order valence-corrected chi connectivity index (χ4v) is 3.73. The Kier molecular flexibility index (Phi) is 4.24. The zero-order valence-electron chi connectivity index (χ0n) is 14.0. The lowest BCUT2D eigenvalue weighted by molar-refractivity contribution is -0.140. The lowest BCUT2D eigenvalue weighted by atomic mass is 9.88. The Bertz CT molecular complexity index is 652. The van der Waals surface area contributed by atoms with Gasteiger partial charge in [-0.1, -0.05) is 23.7 Å². The molecule has 1 aliphatic carbocycles. The summed E-state index contributed by atoms with van der Waals surface area (Å²) in [5.41, 5.74) is 0.0611. The molecule has 1 aromatic rings. The summed E-state index contributed by atoms with van der Waals surface area (Å²) in [5.74, 6) is -1.08. The third-order valence-corrected chi connectivity index (χ3v) is 4.92. The molecule has 3 rings (SSSR count). The average molecular weight is 352 g/mol. The highest BCUT2D eigenvalue weighted by molar-refractivity contribution is 6.30. The van der Waals surface area contributed by atoms with Crippen molar-refractivity contribution in [1.29, 1.82) is 0 Å². The molecule has 2 fully saturated rings. The van der Waals surface area contributed by atoms with E-state index < -0.39 is 23.6 Å². The molecule has 1 saturated carbocycles. The molecule has 130 valence electrons. The Balaban J connectivity index is 1.89. The molecule has 4 atom stereocenters. The quantitative estimate of drug-likeness (QED) is 0.900. The van der Waals surface area contributed by atoms with Gasteiger partial charge in [0.1, 0.15) is 11.5 Å². The maximum Gasteiger partial charge on any atom is 0.410 e. The number of carbonyl (C=O) groups excluding carboxylic acids is 1. The van der Waals surface area contributed by atoms with Gasteiger partial charge in [-0.25, -0.2) is 4.79 Å². The minimum absolute atomic E-state index is 0.231. The zero-order valence-corrected chi connectivity index (χ0v) is 14.8. The summed E-state index contributed by atoms with van der Waals surface area (Å²) in [6.45, 7) is 6.00. The predicted octanol–water partition coefficient (Wildman–Crippen LogP) is 3.76. The van der Waals surface area contributed by atoms with E-state index in [1.807, 2.05) is 20.8 Å². The van der Waals surface area contributed by atoms with Gasteiger partial charge in [0.15, 0.2) is 0 Å². The third kappa shape index (κ3) is 3.36. The highest BCUT2D eigenvalue weighted by atomic mass is 35.5. The lowest BCUT2D eigenvalue weighted by Gasteiger charge is -2.33. The molecule has 5 nitrogen and oxygen atoms in total. The van der Waals surface area contributed by atoms with E-state index in [2.05, 4.69) is 0 Å². The summed E-state index contributed by atoms with van der Waals surface area (Å²) >= 11 is 5.91. The number of amides is 1. The van der Waals surface area contributed by atoms with Gasteiger partial charge < -0.3 is 14.7 Å². The molecular formula is C18H22ClNO4. The van der Waals surface area contributed by atoms with Gasteiger partial charge in [0.25, 0.3) is 0 Å². The molecule has 0 aromatic heterocycles. The van der Waals surface area contributed by atoms with Crippen molar-refractivity contribution in [2.45, 2.75) is 44.8 Å². The fraction of sp³-hybridized carbons (Fsp3) is 0.556. The normalized spacial score (nSPS) is 26.7. The Hall–Kier alpha value is -1.75. The van der Waals surface area contributed by atoms with Gasteiger partial charge in [0.2, 0.25) is 0 Å². The number of piperidine rings is 1. The second-order valence-electron chi connectivity index (χ2n) is 7.65. The summed E-state index contributed by atoms with van der Waals surface area (Å²) in [6.07, 6.45) is 0.543. The number of carboxylic acid groups (broad SMARTS) is 1. The number of carboxylic acids is 1. The number of likely N-dealkylation sites (tertiary alicyclic amines) is 1. The number of fused-ring (bicyclic) bond motifs is 1. The van der Waals surface area contributed by atoms with Crippen molar-refractivity contribution in [3.05, 3.63) is 34.9 Å². The summed E-state index contributed by atoms with van der Waals surface area (Å²) in [7, 11) is 0. The van der Waals surface area contributed by atoms with Crippen LogP contribution in [0.2, 0.25) is 5.02 Å². The van der Waals surface area contributed by atoms with E-state index >= 15 is 0 Å². The van der Waals surface area contributed by atoms with Crippen molar-refractivity contribution in [3.8, 4) is 0 Å². The molecule has 2 aliphatic rings. The van der Waals surface area contributed by atoms with Crippen LogP contribution in [0.1, 0.15) is 38.7 Å². The van der Waals surface area contributed by atoms with Crippen LogP contribution in [-0.2, 0) is 9.53 Å². The van der Waals surface area contributed by atoms with Crippen LogP contribution in [-0.4, -0.2) is 40.3 Å². The second-order valence-corrected chi connectivity index (χ2v) is 8.09. The van der Waals surface area contributed by atoms with Crippen LogP contribution in [0.25, 0.3) is 0 Å². The molecule has 1 aliphatic heterocycles. The van der Waals surface area contributed by atoms with E-state index in [1.54, 1.807) is 29.2 Å². The number of aliphatic carboxylic acids is 1. The fourth-order valence-electron chi connectivity index (χ4n) is 3.60. The van der Waals surface area contributed by atoms with E-state index in [9.17, 15) is 14.7 Å². The number of ether oxygens (including phenoxy) is 1. The summed E-state index contributed by atoms with van der Waals surface area (Å²) in [4.78, 5) is 26.1. The molecule has 0 radical (unpaired) electrons. The highest BCUT2D eigenvalue weighted by Gasteiger charge is 2.58. The molecule has 0 spiro atoms. The molecule has 1 aromatic carbocycles. The van der Waals surface area contributed by atoms with Crippen LogP contribution in [0.5, 0.6) is 0 Å². The molecule has 0 bridgehead atoms. The molecular weight excluding hydrogens is 330 g/mol. The monoisotopic (exact) mass is 351 g/mol. The molecule has 3 unspecified atom stereocenters. The number of benzene rings is 1. The van der Waals surface area contributed by atoms with Gasteiger partial charge in [0, 0.05) is 11.6 Å². The van der Waals surface area contributed by atoms with E-state index in [0.717, 1.165) is 6.42 Å². The number of hydrogen-bond donors (Lipinski definition) is 1. The Labute approximate surface area is 146 Å². The Morgan fingerprint density at radius 1 is 1.29 bits per heavy atom. The van der Waals surface area contributed by atoms with Crippen LogP contribution in [0, 0.1) is 11.8 Å². The summed E-state index contributed by atoms with van der Waals surface area (Å²) in [6, 6.07) is 6.45. The maximum absolute atomic E-state index is 12.5. The summed E-state index contributed by atoms with van der Waals surface area (Å²) in [5, 5.41) is 10.4. The topological polar surface area (TPSA) is 66.8 Å². The van der Waals surface area contributed by atoms with Crippen molar-refractivity contribution in [2.24, 2.45) is 11.8 Å². The number of carbonyl (C=O) groups is 2. The largest absolute Gasteiger partial charge is 0.481 e. The highest BCUT2D eigenvalue weighted by Crippen LogP contribution is 2.53. The molecule has 1 amide bonds. The van der Waals surface area contributed by atoms with E-state index in [-0.39, 0.29) is 12.0 Å². The van der Waals surface area contributed by atoms with Crippen molar-refractivity contribution in [3.63, 3.8) is 0 Å². The SMILES string of the molecule is CC(C)(C)OC(=O)N1CC2CC2[C@H]1C(C(=O)O)c1ccc(Cl)cc1. The number of hydrogen-bond acceptors (Lipinski definition) is 3. The molecule has 24 heavy (non-hydrogen) atoms. The zero-order chi connectivity index (χ0) is 17.6. The van der Waals surface area contributed by atoms with Crippen LogP contribution >= 0.6 is 11.6 Å². The van der Waals surface area contributed by atoms with Crippen LogP contribution in [0.4, 0.5) is 4.79 Å². The maximum atomic E-state index is 12.5. The van der Waals surface area contributed by atoms with Gasteiger partial charge in [-0.05, 0) is 56.7 Å². The van der Waals surface area contributed by atoms with Crippen molar-refractivity contribution in [2.75, 3.05) is 6.54 Å². The molecule has 1 saturated heterocycles. The van der Waals surface area contributed by atoms with Crippen molar-refractivity contribution >= 4 is 23.7 Å². The van der Waals surface area contributed by atoms with Gasteiger partial charge in [-0.2, -0.15) is 0 Å². The van der Waals surface area contributed by atoms with E-state index in [4.69, 9.17) is 16.3 Å². The van der Waals surface area contributed by atoms with E-state index in [0.29, 0.717) is 23.0 Å². The predicted molar refractivity (Wildman–Crippen MR) is 90.2 cm³/mol. The minimum Gasteiger partial charge on any atom is -0.481 e. The van der Waals surface area contributed by atoms with E-state index in [1.165, 1.54) is 0 Å². The standard InChI is InChI=1S/C18H22ClNO4/c1-18(2,3)24-17(23)20-9-11-8-13(11)15(20)14(16(21)22)10-4-6-12(19)7-5-10/h4-7,11,13-15H,8-9H2,1-3H3,(H,21,22)/t11?,13?,14?,15-/m0/s1. The van der Waals surface area contributed by atoms with Gasteiger partial charge in [-0.15, -0.1) is 0 Å². The van der Waals surface area contributed by atoms with Gasteiger partial charge >= 0.3 is 12.1 Å². The Morgan fingerprint density at radius 3 is 2.46 bits per heavy atom. The average Bonchev–Trinajstić information content (AvgIpc) is 3.13. The number of nitrogens with zero attached hydrogens (tertiary/aromatic N) is 1. The van der Waals surface area contributed by atoms with Crippen molar-refractivity contribution in [1.82, 2.24) is 4.90 Å². The number of halogens is 1. The smallest absolute Gasteiger partial charge is 0.410 e. The lowest BCUT2D eigenvalue weighted by Crippen LogP contribution is -2.46. The van der Waals surface area contributed by atoms with Crippen LogP contribution < -0.4 is 0 Å². The van der Waals surface area contributed by atoms with Crippen LogP contribution in [0.15, 0.2) is 24.3 Å². The first kappa shape index (κ1) is 17.1. The first-order valence-corrected chi connectivity index (χ1v) is 8.53. The van der Waals surface area contributed by atoms with Crippen molar-refractivity contribution < 1.29 is 19.4 Å².